The van der Waals surface area contributed by atoms with Gasteiger partial charge in [-0.1, -0.05) is 5.16 Å². The maximum atomic E-state index is 5.77. The van der Waals surface area contributed by atoms with Crippen LogP contribution in [0.5, 0.6) is 0 Å². The van der Waals surface area contributed by atoms with Gasteiger partial charge in [-0.15, -0.1) is 0 Å². The fourth-order valence-corrected chi connectivity index (χ4v) is 3.09. The molecule has 0 spiro atoms. The molecule has 1 atom stereocenters. The minimum Gasteiger partial charge on any atom is -0.376 e. The molecule has 2 fully saturated rings. The zero-order chi connectivity index (χ0) is 14.2. The molecular weight excluding hydrogens is 254 g/mol. The highest BCUT2D eigenvalue weighted by atomic mass is 16.5. The van der Waals surface area contributed by atoms with Crippen LogP contribution in [0.3, 0.4) is 0 Å². The Morgan fingerprint density at radius 3 is 2.80 bits per heavy atom. The van der Waals surface area contributed by atoms with Gasteiger partial charge >= 0.3 is 0 Å². The van der Waals surface area contributed by atoms with Crippen molar-refractivity contribution in [3.05, 3.63) is 11.7 Å². The Bertz CT molecular complexity index is 454. The monoisotopic (exact) mass is 279 g/mol. The molecule has 0 amide bonds. The molecule has 0 unspecified atom stereocenters. The van der Waals surface area contributed by atoms with Crippen molar-refractivity contribution in [3.8, 4) is 0 Å². The number of hydrogen-bond acceptors (Lipinski definition) is 5. The van der Waals surface area contributed by atoms with Crippen LogP contribution in [0.1, 0.15) is 57.2 Å². The van der Waals surface area contributed by atoms with Gasteiger partial charge in [-0.3, -0.25) is 4.90 Å². The van der Waals surface area contributed by atoms with Gasteiger partial charge in [0, 0.05) is 19.1 Å². The Hall–Kier alpha value is -0.940. The molecule has 20 heavy (non-hydrogen) atoms. The minimum absolute atomic E-state index is 0.0212. The Balaban J connectivity index is 1.49. The Morgan fingerprint density at radius 2 is 2.10 bits per heavy atom. The first-order valence-electron chi connectivity index (χ1n) is 7.67. The predicted octanol–water partition coefficient (Wildman–Crippen LogP) is 2.58. The van der Waals surface area contributed by atoms with Crippen LogP contribution < -0.4 is 0 Å². The quantitative estimate of drug-likeness (QED) is 0.829. The van der Waals surface area contributed by atoms with E-state index >= 15 is 0 Å². The normalized spacial score (nSPS) is 26.1. The summed E-state index contributed by atoms with van der Waals surface area (Å²) in [5.41, 5.74) is 0.0212. The zero-order valence-corrected chi connectivity index (χ0v) is 12.8. The summed E-state index contributed by atoms with van der Waals surface area (Å²) in [6, 6.07) is 0. The number of ether oxygens (including phenoxy) is 1. The summed E-state index contributed by atoms with van der Waals surface area (Å²) in [7, 11) is 2.13. The first-order chi connectivity index (χ1) is 9.52. The van der Waals surface area contributed by atoms with E-state index in [0.29, 0.717) is 11.8 Å². The van der Waals surface area contributed by atoms with Gasteiger partial charge < -0.3 is 9.26 Å². The maximum Gasteiger partial charge on any atom is 0.240 e. The SMILES string of the molecule is CN(Cc1nc(C2CC2)no1)C[C@H]1CCOC(C)(C)C1. The van der Waals surface area contributed by atoms with Crippen molar-refractivity contribution >= 4 is 0 Å². The largest absolute Gasteiger partial charge is 0.376 e. The van der Waals surface area contributed by atoms with Crippen molar-refractivity contribution < 1.29 is 9.26 Å². The average molecular weight is 279 g/mol. The van der Waals surface area contributed by atoms with Gasteiger partial charge in [-0.2, -0.15) is 4.98 Å². The summed E-state index contributed by atoms with van der Waals surface area (Å²) >= 11 is 0. The van der Waals surface area contributed by atoms with E-state index in [9.17, 15) is 0 Å². The van der Waals surface area contributed by atoms with Crippen LogP contribution in [0.25, 0.3) is 0 Å². The average Bonchev–Trinajstić information content (AvgIpc) is 3.09. The maximum absolute atomic E-state index is 5.77. The number of rotatable bonds is 5. The van der Waals surface area contributed by atoms with Crippen molar-refractivity contribution in [1.82, 2.24) is 15.0 Å². The lowest BCUT2D eigenvalue weighted by molar-refractivity contribution is -0.0763. The smallest absolute Gasteiger partial charge is 0.240 e. The van der Waals surface area contributed by atoms with Crippen LogP contribution in [0.4, 0.5) is 0 Å². The molecule has 0 N–H and O–H groups in total. The van der Waals surface area contributed by atoms with Gasteiger partial charge in [-0.05, 0) is 52.5 Å². The van der Waals surface area contributed by atoms with Gasteiger partial charge in [0.15, 0.2) is 5.82 Å². The van der Waals surface area contributed by atoms with E-state index in [-0.39, 0.29) is 5.60 Å². The summed E-state index contributed by atoms with van der Waals surface area (Å²) in [6.07, 6.45) is 4.69. The molecule has 1 aliphatic carbocycles. The highest BCUT2D eigenvalue weighted by molar-refractivity contribution is 5.03. The second-order valence-corrected chi connectivity index (χ2v) is 6.98. The van der Waals surface area contributed by atoms with E-state index in [4.69, 9.17) is 9.26 Å². The van der Waals surface area contributed by atoms with Gasteiger partial charge in [0.2, 0.25) is 5.89 Å². The molecule has 0 bridgehead atoms. The summed E-state index contributed by atoms with van der Waals surface area (Å²) in [6.45, 7) is 7.04. The molecule has 5 heteroatoms. The van der Waals surface area contributed by atoms with Crippen molar-refractivity contribution in [2.24, 2.45) is 5.92 Å². The van der Waals surface area contributed by atoms with Crippen LogP contribution in [-0.4, -0.2) is 40.8 Å². The molecule has 1 aromatic heterocycles. The van der Waals surface area contributed by atoms with Crippen LogP contribution in [0.2, 0.25) is 0 Å². The Morgan fingerprint density at radius 1 is 1.30 bits per heavy atom. The van der Waals surface area contributed by atoms with E-state index in [0.717, 1.165) is 44.3 Å². The first-order valence-corrected chi connectivity index (χ1v) is 7.67. The molecule has 1 saturated heterocycles. The van der Waals surface area contributed by atoms with Crippen molar-refractivity contribution in [2.75, 3.05) is 20.2 Å². The van der Waals surface area contributed by atoms with Crippen LogP contribution in [0.15, 0.2) is 4.52 Å². The zero-order valence-electron chi connectivity index (χ0n) is 12.8. The third kappa shape index (κ3) is 3.58. The lowest BCUT2D eigenvalue weighted by Gasteiger charge is -2.36. The van der Waals surface area contributed by atoms with Crippen molar-refractivity contribution in [3.63, 3.8) is 0 Å². The summed E-state index contributed by atoms with van der Waals surface area (Å²) in [4.78, 5) is 6.78. The molecule has 3 rings (SSSR count). The highest BCUT2D eigenvalue weighted by Crippen LogP contribution is 2.38. The van der Waals surface area contributed by atoms with Crippen LogP contribution in [0, 0.1) is 5.92 Å². The number of nitrogens with zero attached hydrogens (tertiary/aromatic N) is 3. The molecule has 112 valence electrons. The van der Waals surface area contributed by atoms with E-state index in [2.05, 4.69) is 35.9 Å². The van der Waals surface area contributed by atoms with Crippen molar-refractivity contribution in [2.45, 2.75) is 57.6 Å². The van der Waals surface area contributed by atoms with Gasteiger partial charge in [-0.25, -0.2) is 0 Å². The third-order valence-electron chi connectivity index (χ3n) is 4.20. The Labute approximate surface area is 120 Å². The highest BCUT2D eigenvalue weighted by Gasteiger charge is 2.30. The van der Waals surface area contributed by atoms with Crippen LogP contribution >= 0.6 is 0 Å². The fourth-order valence-electron chi connectivity index (χ4n) is 3.09. The standard InChI is InChI=1S/C15H25N3O2/c1-15(2)8-11(6-7-19-15)9-18(3)10-13-16-14(17-20-13)12-4-5-12/h11-12H,4-10H2,1-3H3/t11-/m0/s1. The van der Waals surface area contributed by atoms with Gasteiger partial charge in [0.25, 0.3) is 0 Å². The van der Waals surface area contributed by atoms with Gasteiger partial charge in [0.1, 0.15) is 0 Å². The van der Waals surface area contributed by atoms with E-state index in [1.807, 2.05) is 0 Å². The second kappa shape index (κ2) is 5.45. The molecule has 2 aliphatic rings. The van der Waals surface area contributed by atoms with Gasteiger partial charge in [0.05, 0.1) is 12.1 Å². The third-order valence-corrected chi connectivity index (χ3v) is 4.20. The lowest BCUT2D eigenvalue weighted by Crippen LogP contribution is -2.38. The topological polar surface area (TPSA) is 51.4 Å². The fraction of sp³-hybridized carbons (Fsp3) is 0.867. The molecular formula is C15H25N3O2. The summed E-state index contributed by atoms with van der Waals surface area (Å²) < 4.78 is 11.1. The van der Waals surface area contributed by atoms with Crippen molar-refractivity contribution in [1.29, 1.82) is 0 Å². The number of hydrogen-bond donors (Lipinski definition) is 0. The predicted molar refractivity (Wildman–Crippen MR) is 75.4 cm³/mol. The molecule has 5 nitrogen and oxygen atoms in total. The lowest BCUT2D eigenvalue weighted by atomic mass is 9.88. The minimum atomic E-state index is 0.0212. The van der Waals surface area contributed by atoms with E-state index in [1.165, 1.54) is 12.8 Å². The number of aromatic nitrogens is 2. The molecule has 1 aliphatic heterocycles. The van der Waals surface area contributed by atoms with E-state index in [1.54, 1.807) is 0 Å². The molecule has 1 aromatic rings. The summed E-state index contributed by atoms with van der Waals surface area (Å²) in [5, 5.41) is 4.07. The molecule has 0 aromatic carbocycles. The molecule has 0 radical (unpaired) electrons. The molecule has 1 saturated carbocycles. The van der Waals surface area contributed by atoms with Crippen LogP contribution in [-0.2, 0) is 11.3 Å². The second-order valence-electron chi connectivity index (χ2n) is 6.98. The van der Waals surface area contributed by atoms with E-state index < -0.39 is 0 Å². The Kier molecular flexibility index (Phi) is 3.82. The summed E-state index contributed by atoms with van der Waals surface area (Å²) in [5.74, 6) is 2.91. The first kappa shape index (κ1) is 14.0. The molecule has 2 heterocycles.